The molecule has 3 aromatic rings. The smallest absolute Gasteiger partial charge is 0.260 e. The van der Waals surface area contributed by atoms with Crippen LogP contribution in [0, 0.1) is 6.92 Å². The Hall–Kier alpha value is -3.74. The maximum atomic E-state index is 13.3. The van der Waals surface area contributed by atoms with E-state index >= 15 is 0 Å². The molecule has 2 aliphatic heterocycles. The molecule has 0 saturated carbocycles. The fourth-order valence-electron chi connectivity index (χ4n) is 4.54. The molecule has 162 valence electrons. The summed E-state index contributed by atoms with van der Waals surface area (Å²) in [7, 11) is 0. The van der Waals surface area contributed by atoms with Gasteiger partial charge < -0.3 is 9.80 Å². The van der Waals surface area contributed by atoms with E-state index in [4.69, 9.17) is 0 Å². The van der Waals surface area contributed by atoms with Gasteiger partial charge in [0, 0.05) is 44.3 Å². The first-order valence-corrected chi connectivity index (χ1v) is 10.9. The Morgan fingerprint density at radius 3 is 2.53 bits per heavy atom. The molecule has 0 radical (unpaired) electrons. The topological polar surface area (TPSA) is 69.6 Å². The molecule has 2 aliphatic rings. The molecule has 2 aromatic heterocycles. The number of carbonyl (C=O) groups excluding carboxylic acids is 2. The molecule has 0 aliphatic carbocycles. The van der Waals surface area contributed by atoms with E-state index < -0.39 is 6.04 Å². The Bertz CT molecular complexity index is 1140. The SMILES string of the molecule is Cc1cccc(N2C(=O)c3cccnc3[C@H]2CC(=O)N2CCN(c3ccccn3)CC2)c1. The number of hydrogen-bond acceptors (Lipinski definition) is 5. The largest absolute Gasteiger partial charge is 0.353 e. The first-order valence-electron chi connectivity index (χ1n) is 10.9. The summed E-state index contributed by atoms with van der Waals surface area (Å²) in [6.07, 6.45) is 3.69. The average Bonchev–Trinajstić information content (AvgIpc) is 3.11. The predicted octanol–water partition coefficient (Wildman–Crippen LogP) is 3.23. The number of fused-ring (bicyclic) bond motifs is 1. The van der Waals surface area contributed by atoms with Gasteiger partial charge in [-0.1, -0.05) is 18.2 Å². The Labute approximate surface area is 187 Å². The molecule has 0 bridgehead atoms. The summed E-state index contributed by atoms with van der Waals surface area (Å²) in [4.78, 5) is 41.2. The van der Waals surface area contributed by atoms with E-state index in [1.54, 1.807) is 29.4 Å². The highest BCUT2D eigenvalue weighted by molar-refractivity contribution is 6.11. The van der Waals surface area contributed by atoms with Crippen LogP contribution < -0.4 is 9.80 Å². The van der Waals surface area contributed by atoms with Gasteiger partial charge in [-0.25, -0.2) is 4.98 Å². The van der Waals surface area contributed by atoms with Gasteiger partial charge in [-0.3, -0.25) is 19.5 Å². The number of benzene rings is 1. The number of aryl methyl sites for hydroxylation is 1. The van der Waals surface area contributed by atoms with E-state index in [1.807, 2.05) is 54.3 Å². The van der Waals surface area contributed by atoms with Gasteiger partial charge >= 0.3 is 0 Å². The lowest BCUT2D eigenvalue weighted by Gasteiger charge is -2.36. The number of rotatable bonds is 4. The maximum absolute atomic E-state index is 13.3. The molecule has 32 heavy (non-hydrogen) atoms. The van der Waals surface area contributed by atoms with Crippen LogP contribution in [0.15, 0.2) is 67.0 Å². The number of carbonyl (C=O) groups is 2. The lowest BCUT2D eigenvalue weighted by molar-refractivity contribution is -0.131. The van der Waals surface area contributed by atoms with Gasteiger partial charge in [-0.15, -0.1) is 0 Å². The molecule has 1 saturated heterocycles. The van der Waals surface area contributed by atoms with E-state index in [2.05, 4.69) is 14.9 Å². The molecule has 1 fully saturated rings. The van der Waals surface area contributed by atoms with E-state index in [-0.39, 0.29) is 18.2 Å². The van der Waals surface area contributed by atoms with Gasteiger partial charge in [0.2, 0.25) is 5.91 Å². The van der Waals surface area contributed by atoms with Gasteiger partial charge in [0.05, 0.1) is 23.7 Å². The van der Waals surface area contributed by atoms with E-state index in [1.165, 1.54) is 0 Å². The van der Waals surface area contributed by atoms with Crippen LogP contribution in [0.5, 0.6) is 0 Å². The molecular formula is C25H25N5O2. The number of piperazine rings is 1. The third-order valence-electron chi connectivity index (χ3n) is 6.17. The second-order valence-electron chi connectivity index (χ2n) is 8.23. The molecule has 5 rings (SSSR count). The highest BCUT2D eigenvalue weighted by Gasteiger charge is 2.40. The highest BCUT2D eigenvalue weighted by atomic mass is 16.2. The van der Waals surface area contributed by atoms with Crippen LogP contribution in [0.4, 0.5) is 11.5 Å². The van der Waals surface area contributed by atoms with Crippen LogP contribution in [0.2, 0.25) is 0 Å². The molecule has 4 heterocycles. The van der Waals surface area contributed by atoms with Crippen LogP contribution in [-0.2, 0) is 4.79 Å². The standard InChI is InChI=1S/C25H25N5O2/c1-18-6-4-7-19(16-18)30-21(24-20(25(30)32)8-5-11-27-24)17-23(31)29-14-12-28(13-15-29)22-9-2-3-10-26-22/h2-11,16,21H,12-15,17H2,1H3/t21-/m1/s1. The van der Waals surface area contributed by atoms with Crippen LogP contribution in [0.3, 0.4) is 0 Å². The molecule has 0 N–H and O–H groups in total. The summed E-state index contributed by atoms with van der Waals surface area (Å²) in [6.45, 7) is 4.74. The molecule has 7 nitrogen and oxygen atoms in total. The van der Waals surface area contributed by atoms with Crippen LogP contribution >= 0.6 is 0 Å². The van der Waals surface area contributed by atoms with Crippen molar-refractivity contribution < 1.29 is 9.59 Å². The third-order valence-corrected chi connectivity index (χ3v) is 6.17. The van der Waals surface area contributed by atoms with Crippen molar-refractivity contribution in [2.24, 2.45) is 0 Å². The van der Waals surface area contributed by atoms with Crippen molar-refractivity contribution in [1.29, 1.82) is 0 Å². The van der Waals surface area contributed by atoms with E-state index in [0.717, 1.165) is 30.2 Å². The molecule has 0 spiro atoms. The van der Waals surface area contributed by atoms with E-state index in [0.29, 0.717) is 24.3 Å². The minimum absolute atomic E-state index is 0.0413. The summed E-state index contributed by atoms with van der Waals surface area (Å²) in [5.74, 6) is 0.876. The minimum Gasteiger partial charge on any atom is -0.353 e. The molecule has 1 atom stereocenters. The zero-order valence-electron chi connectivity index (χ0n) is 18.0. The molecule has 2 amide bonds. The third kappa shape index (κ3) is 3.70. The first kappa shape index (κ1) is 20.2. The fraction of sp³-hybridized carbons (Fsp3) is 0.280. The Morgan fingerprint density at radius 1 is 0.969 bits per heavy atom. The monoisotopic (exact) mass is 427 g/mol. The summed E-state index contributed by atoms with van der Waals surface area (Å²) >= 11 is 0. The van der Waals surface area contributed by atoms with Crippen LogP contribution in [-0.4, -0.2) is 52.9 Å². The second-order valence-corrected chi connectivity index (χ2v) is 8.23. The van der Waals surface area contributed by atoms with Gasteiger partial charge in [0.1, 0.15) is 5.82 Å². The maximum Gasteiger partial charge on any atom is 0.260 e. The molecule has 7 heteroatoms. The second kappa shape index (κ2) is 8.42. The zero-order chi connectivity index (χ0) is 22.1. The van der Waals surface area contributed by atoms with E-state index in [9.17, 15) is 9.59 Å². The van der Waals surface area contributed by atoms with Crippen molar-refractivity contribution >= 4 is 23.3 Å². The Balaban J connectivity index is 1.34. The van der Waals surface area contributed by atoms with Crippen molar-refractivity contribution in [3.63, 3.8) is 0 Å². The van der Waals surface area contributed by atoms with Gasteiger partial charge in [-0.2, -0.15) is 0 Å². The van der Waals surface area contributed by atoms with Crippen molar-refractivity contribution in [2.75, 3.05) is 36.0 Å². The van der Waals surface area contributed by atoms with Crippen LogP contribution in [0.25, 0.3) is 0 Å². The number of hydrogen-bond donors (Lipinski definition) is 0. The minimum atomic E-state index is -0.401. The normalized spacial score (nSPS) is 18.1. The Morgan fingerprint density at radius 2 is 1.78 bits per heavy atom. The Kier molecular flexibility index (Phi) is 5.31. The lowest BCUT2D eigenvalue weighted by atomic mass is 10.1. The average molecular weight is 428 g/mol. The lowest BCUT2D eigenvalue weighted by Crippen LogP contribution is -2.49. The fourth-order valence-corrected chi connectivity index (χ4v) is 4.54. The number of aromatic nitrogens is 2. The zero-order valence-corrected chi connectivity index (χ0v) is 18.0. The number of anilines is 2. The molecule has 1 aromatic carbocycles. The van der Waals surface area contributed by atoms with Crippen molar-refractivity contribution in [3.05, 3.63) is 83.8 Å². The summed E-state index contributed by atoms with van der Waals surface area (Å²) in [5, 5.41) is 0. The summed E-state index contributed by atoms with van der Waals surface area (Å²) in [5.41, 5.74) is 3.12. The molecule has 0 unspecified atom stereocenters. The first-order chi connectivity index (χ1) is 15.6. The molecular weight excluding hydrogens is 402 g/mol. The number of amides is 2. The predicted molar refractivity (Wildman–Crippen MR) is 123 cm³/mol. The van der Waals surface area contributed by atoms with Gasteiger partial charge in [-0.05, 0) is 48.9 Å². The number of nitrogens with zero attached hydrogens (tertiary/aromatic N) is 5. The van der Waals surface area contributed by atoms with Crippen molar-refractivity contribution in [1.82, 2.24) is 14.9 Å². The van der Waals surface area contributed by atoms with Crippen molar-refractivity contribution in [2.45, 2.75) is 19.4 Å². The van der Waals surface area contributed by atoms with Crippen molar-refractivity contribution in [3.8, 4) is 0 Å². The number of pyridine rings is 2. The summed E-state index contributed by atoms with van der Waals surface area (Å²) < 4.78 is 0. The summed E-state index contributed by atoms with van der Waals surface area (Å²) in [6, 6.07) is 16.9. The van der Waals surface area contributed by atoms with Gasteiger partial charge in [0.15, 0.2) is 0 Å². The van der Waals surface area contributed by atoms with Crippen LogP contribution in [0.1, 0.15) is 34.1 Å². The van der Waals surface area contributed by atoms with Gasteiger partial charge in [0.25, 0.3) is 5.91 Å². The highest BCUT2D eigenvalue weighted by Crippen LogP contribution is 2.38. The quantitative estimate of drug-likeness (QED) is 0.639.